The Hall–Kier alpha value is -2.62. The molecule has 3 amide bonds. The first kappa shape index (κ1) is 28.6. The number of carbonyl (C=O) groups excluding carboxylic acids is 2. The van der Waals surface area contributed by atoms with Crippen LogP contribution in [0.1, 0.15) is 91.2 Å². The molecule has 1 aromatic carbocycles. The van der Waals surface area contributed by atoms with Gasteiger partial charge in [-0.3, -0.25) is 4.90 Å². The van der Waals surface area contributed by atoms with E-state index in [0.29, 0.717) is 36.2 Å². The van der Waals surface area contributed by atoms with Crippen molar-refractivity contribution in [3.05, 3.63) is 40.6 Å². The number of rotatable bonds is 6. The van der Waals surface area contributed by atoms with Crippen LogP contribution in [-0.2, 0) is 14.8 Å². The van der Waals surface area contributed by atoms with Gasteiger partial charge < -0.3 is 10.1 Å². The highest BCUT2D eigenvalue weighted by molar-refractivity contribution is 7.92. The number of ether oxygens (including phenoxy) is 1. The number of likely N-dealkylation sites (tertiary alicyclic amines) is 1. The van der Waals surface area contributed by atoms with Gasteiger partial charge in [0.15, 0.2) is 0 Å². The van der Waals surface area contributed by atoms with Gasteiger partial charge in [0, 0.05) is 17.6 Å². The van der Waals surface area contributed by atoms with Gasteiger partial charge in [-0.15, -0.1) is 0 Å². The van der Waals surface area contributed by atoms with Crippen molar-refractivity contribution < 1.29 is 27.1 Å². The molecule has 1 heterocycles. The Morgan fingerprint density at radius 3 is 2.17 bits per heavy atom. The Bertz CT molecular complexity index is 1060. The zero-order valence-electron chi connectivity index (χ0n) is 21.9. The largest absolute Gasteiger partial charge is 0.444 e. The van der Waals surface area contributed by atoms with Crippen molar-refractivity contribution in [1.82, 2.24) is 9.62 Å². The molecular weight excluding hydrogens is 473 g/mol. The van der Waals surface area contributed by atoms with E-state index in [2.05, 4.69) is 5.32 Å². The second-order valence-corrected chi connectivity index (χ2v) is 12.3. The molecule has 1 aromatic rings. The van der Waals surface area contributed by atoms with Gasteiger partial charge in [-0.05, 0) is 81.7 Å². The average Bonchev–Trinajstić information content (AvgIpc) is 3.07. The number of urea groups is 1. The monoisotopic (exact) mass is 511 g/mol. The Morgan fingerprint density at radius 1 is 1.14 bits per heavy atom. The highest BCUT2D eigenvalue weighted by Gasteiger charge is 2.40. The number of halogens is 1. The Balaban J connectivity index is 2.21. The SMILES string of the molecule is CC(C)c1cc(F)cc(C(C)C)c1NC(=O)NS(=O)(=O)/C=C/C1(C)CCCN1C(=O)OC(C)(C)C. The summed E-state index contributed by atoms with van der Waals surface area (Å²) in [6.07, 6.45) is 2.12. The summed E-state index contributed by atoms with van der Waals surface area (Å²) in [6.45, 7) is 14.9. The number of carbonyl (C=O) groups is 2. The van der Waals surface area contributed by atoms with E-state index in [-0.39, 0.29) is 11.8 Å². The van der Waals surface area contributed by atoms with Crippen LogP contribution in [0.15, 0.2) is 23.6 Å². The van der Waals surface area contributed by atoms with Crippen molar-refractivity contribution >= 4 is 27.8 Å². The fourth-order valence-electron chi connectivity index (χ4n) is 4.02. The molecule has 2 N–H and O–H groups in total. The molecular formula is C25H38FN3O5S. The van der Waals surface area contributed by atoms with E-state index in [1.165, 1.54) is 23.1 Å². The lowest BCUT2D eigenvalue weighted by Crippen LogP contribution is -2.46. The zero-order chi connectivity index (χ0) is 26.8. The summed E-state index contributed by atoms with van der Waals surface area (Å²) < 4.78 is 46.9. The maximum absolute atomic E-state index is 14.1. The summed E-state index contributed by atoms with van der Waals surface area (Å²) in [4.78, 5) is 26.7. The number of sulfonamides is 1. The third kappa shape index (κ3) is 7.68. The summed E-state index contributed by atoms with van der Waals surface area (Å²) in [6, 6.07) is 1.73. The zero-order valence-corrected chi connectivity index (χ0v) is 22.7. The van der Waals surface area contributed by atoms with Crippen LogP contribution in [0.5, 0.6) is 0 Å². The molecule has 0 radical (unpaired) electrons. The highest BCUT2D eigenvalue weighted by atomic mass is 32.2. The summed E-state index contributed by atoms with van der Waals surface area (Å²) in [5.41, 5.74) is -0.0151. The maximum atomic E-state index is 14.1. The van der Waals surface area contributed by atoms with Gasteiger partial charge in [0.2, 0.25) is 0 Å². The molecule has 1 aliphatic heterocycles. The van der Waals surface area contributed by atoms with Gasteiger partial charge in [0.25, 0.3) is 10.0 Å². The van der Waals surface area contributed by atoms with Crippen molar-refractivity contribution in [1.29, 1.82) is 0 Å². The van der Waals surface area contributed by atoms with Gasteiger partial charge in [0.1, 0.15) is 11.4 Å². The number of nitrogens with one attached hydrogen (secondary N) is 2. The van der Waals surface area contributed by atoms with Crippen LogP contribution in [-0.4, -0.2) is 43.1 Å². The van der Waals surface area contributed by atoms with Crippen LogP contribution in [0, 0.1) is 5.82 Å². The molecule has 0 saturated carbocycles. The molecule has 0 bridgehead atoms. The minimum absolute atomic E-state index is 0.101. The van der Waals surface area contributed by atoms with Crippen molar-refractivity contribution in [2.45, 2.75) is 91.2 Å². The number of amides is 3. The topological polar surface area (TPSA) is 105 Å². The van der Waals surface area contributed by atoms with E-state index in [4.69, 9.17) is 4.74 Å². The molecule has 1 aliphatic rings. The minimum Gasteiger partial charge on any atom is -0.444 e. The van der Waals surface area contributed by atoms with Gasteiger partial charge in [-0.1, -0.05) is 27.7 Å². The third-order valence-corrected chi connectivity index (χ3v) is 6.75. The van der Waals surface area contributed by atoms with Crippen LogP contribution in [0.4, 0.5) is 19.7 Å². The van der Waals surface area contributed by atoms with Crippen molar-refractivity contribution in [3.8, 4) is 0 Å². The average molecular weight is 512 g/mol. The van der Waals surface area contributed by atoms with E-state index >= 15 is 0 Å². The van der Waals surface area contributed by atoms with Crippen molar-refractivity contribution in [2.24, 2.45) is 0 Å². The van der Waals surface area contributed by atoms with E-state index in [9.17, 15) is 22.4 Å². The van der Waals surface area contributed by atoms with Crippen LogP contribution < -0.4 is 10.0 Å². The fraction of sp³-hybridized carbons (Fsp3) is 0.600. The van der Waals surface area contributed by atoms with E-state index in [1.807, 2.05) is 32.4 Å². The maximum Gasteiger partial charge on any atom is 0.410 e. The van der Waals surface area contributed by atoms with Gasteiger partial charge in [0.05, 0.1) is 5.54 Å². The number of anilines is 1. The summed E-state index contributed by atoms with van der Waals surface area (Å²) in [5, 5.41) is 3.50. The smallest absolute Gasteiger partial charge is 0.410 e. The summed E-state index contributed by atoms with van der Waals surface area (Å²) >= 11 is 0. The molecule has 1 saturated heterocycles. The van der Waals surface area contributed by atoms with Crippen molar-refractivity contribution in [3.63, 3.8) is 0 Å². The summed E-state index contributed by atoms with van der Waals surface area (Å²) in [5.74, 6) is -0.620. The van der Waals surface area contributed by atoms with Crippen LogP contribution in [0.2, 0.25) is 0 Å². The number of benzene rings is 1. The molecule has 0 spiro atoms. The first-order chi connectivity index (χ1) is 15.9. The Kier molecular flexibility index (Phi) is 8.63. The van der Waals surface area contributed by atoms with Gasteiger partial charge in [-0.2, -0.15) is 0 Å². The molecule has 35 heavy (non-hydrogen) atoms. The summed E-state index contributed by atoms with van der Waals surface area (Å²) in [7, 11) is -4.18. The molecule has 0 aliphatic carbocycles. The van der Waals surface area contributed by atoms with Crippen LogP contribution >= 0.6 is 0 Å². The second kappa shape index (κ2) is 10.6. The first-order valence-corrected chi connectivity index (χ1v) is 13.4. The van der Waals surface area contributed by atoms with E-state index < -0.39 is 39.1 Å². The number of nitrogens with zero attached hydrogens (tertiary/aromatic N) is 1. The van der Waals surface area contributed by atoms with Crippen LogP contribution in [0.25, 0.3) is 0 Å². The van der Waals surface area contributed by atoms with E-state index in [0.717, 1.165) is 5.41 Å². The Morgan fingerprint density at radius 2 is 1.69 bits per heavy atom. The van der Waals surface area contributed by atoms with E-state index in [1.54, 1.807) is 27.7 Å². The number of hydrogen-bond donors (Lipinski definition) is 2. The standard InChI is InChI=1S/C25H38FN3O5S/c1-16(2)19-14-18(26)15-20(17(3)4)21(19)27-22(30)28-35(32,33)13-11-25(8)10-9-12-29(25)23(31)34-24(5,6)7/h11,13-17H,9-10,12H2,1-8H3,(H2,27,28,30)/b13-11+. The minimum atomic E-state index is -4.18. The molecule has 2 rings (SSSR count). The Labute approximate surface area is 208 Å². The molecule has 8 nitrogen and oxygen atoms in total. The predicted octanol–water partition coefficient (Wildman–Crippen LogP) is 5.83. The molecule has 0 aromatic heterocycles. The third-order valence-electron chi connectivity index (χ3n) is 5.78. The quantitative estimate of drug-likeness (QED) is 0.500. The molecule has 1 fully saturated rings. The van der Waals surface area contributed by atoms with Gasteiger partial charge in [-0.25, -0.2) is 27.1 Å². The molecule has 10 heteroatoms. The fourth-order valence-corrected chi connectivity index (χ4v) is 4.87. The predicted molar refractivity (Wildman–Crippen MR) is 135 cm³/mol. The highest BCUT2D eigenvalue weighted by Crippen LogP contribution is 2.34. The lowest BCUT2D eigenvalue weighted by molar-refractivity contribution is 0.0169. The van der Waals surface area contributed by atoms with Gasteiger partial charge >= 0.3 is 12.1 Å². The number of hydrogen-bond acceptors (Lipinski definition) is 5. The normalized spacial score (nSPS) is 19.0. The second-order valence-electron chi connectivity index (χ2n) is 10.8. The lowest BCUT2D eigenvalue weighted by Gasteiger charge is -2.34. The first-order valence-electron chi connectivity index (χ1n) is 11.8. The molecule has 196 valence electrons. The lowest BCUT2D eigenvalue weighted by atomic mass is 9.92. The van der Waals surface area contributed by atoms with Crippen molar-refractivity contribution in [2.75, 3.05) is 11.9 Å². The van der Waals surface area contributed by atoms with Crippen LogP contribution in [0.3, 0.4) is 0 Å². The molecule has 1 unspecified atom stereocenters. The molecule has 1 atom stereocenters.